The van der Waals surface area contributed by atoms with Gasteiger partial charge in [-0.2, -0.15) is 5.10 Å². The predicted octanol–water partition coefficient (Wildman–Crippen LogP) is 1.17. The standard InChI is InChI=1S/C13H17N5O/c1-17(2)12-5-3-11(4-6-12)16-13(19)9-18-8-10(14)7-15-18/h3-8H,9,14H2,1-2H3,(H,16,19). The lowest BCUT2D eigenvalue weighted by molar-refractivity contribution is -0.116. The summed E-state index contributed by atoms with van der Waals surface area (Å²) in [6.45, 7) is 0.145. The third-order valence-electron chi connectivity index (χ3n) is 2.63. The average Bonchev–Trinajstić information content (AvgIpc) is 2.75. The number of carbonyl (C=O) groups excluding carboxylic acids is 1. The van der Waals surface area contributed by atoms with Gasteiger partial charge in [0.15, 0.2) is 0 Å². The van der Waals surface area contributed by atoms with Gasteiger partial charge in [-0.1, -0.05) is 0 Å². The summed E-state index contributed by atoms with van der Waals surface area (Å²) in [7, 11) is 3.94. The van der Waals surface area contributed by atoms with Gasteiger partial charge in [0.05, 0.1) is 11.9 Å². The van der Waals surface area contributed by atoms with Crippen LogP contribution in [0.1, 0.15) is 0 Å². The zero-order valence-electron chi connectivity index (χ0n) is 11.0. The number of hydrogen-bond acceptors (Lipinski definition) is 4. The van der Waals surface area contributed by atoms with Gasteiger partial charge in [0.1, 0.15) is 6.54 Å². The third kappa shape index (κ3) is 3.48. The average molecular weight is 259 g/mol. The summed E-state index contributed by atoms with van der Waals surface area (Å²) in [6, 6.07) is 7.62. The molecule has 0 aliphatic carbocycles. The molecule has 100 valence electrons. The summed E-state index contributed by atoms with van der Waals surface area (Å²) < 4.78 is 1.50. The maximum absolute atomic E-state index is 11.8. The highest BCUT2D eigenvalue weighted by Gasteiger charge is 2.05. The summed E-state index contributed by atoms with van der Waals surface area (Å²) in [5, 5.41) is 6.77. The molecule has 0 radical (unpaired) electrons. The van der Waals surface area contributed by atoms with E-state index in [-0.39, 0.29) is 12.5 Å². The van der Waals surface area contributed by atoms with Crippen LogP contribution in [0.5, 0.6) is 0 Å². The van der Waals surface area contributed by atoms with Crippen LogP contribution in [0.15, 0.2) is 36.7 Å². The zero-order chi connectivity index (χ0) is 13.8. The minimum Gasteiger partial charge on any atom is -0.396 e. The molecule has 0 saturated heterocycles. The van der Waals surface area contributed by atoms with E-state index in [1.54, 1.807) is 6.20 Å². The molecule has 19 heavy (non-hydrogen) atoms. The second-order valence-corrected chi connectivity index (χ2v) is 4.46. The Labute approximate surface area is 111 Å². The van der Waals surface area contributed by atoms with E-state index in [1.165, 1.54) is 10.9 Å². The first-order valence-corrected chi connectivity index (χ1v) is 5.90. The van der Waals surface area contributed by atoms with Crippen LogP contribution in [0.4, 0.5) is 17.1 Å². The van der Waals surface area contributed by atoms with Gasteiger partial charge in [-0.25, -0.2) is 0 Å². The highest BCUT2D eigenvalue weighted by molar-refractivity contribution is 5.90. The first-order chi connectivity index (χ1) is 9.04. The number of benzene rings is 1. The smallest absolute Gasteiger partial charge is 0.246 e. The van der Waals surface area contributed by atoms with E-state index in [9.17, 15) is 4.79 Å². The second kappa shape index (κ2) is 5.43. The number of carbonyl (C=O) groups is 1. The Bertz CT molecular complexity index is 559. The molecule has 0 aliphatic rings. The van der Waals surface area contributed by atoms with Gasteiger partial charge in [-0.05, 0) is 24.3 Å². The van der Waals surface area contributed by atoms with Gasteiger partial charge in [-0.3, -0.25) is 9.48 Å². The number of nitrogens with two attached hydrogens (primary N) is 1. The lowest BCUT2D eigenvalue weighted by Crippen LogP contribution is -2.19. The van der Waals surface area contributed by atoms with Gasteiger partial charge in [0.2, 0.25) is 5.91 Å². The molecule has 6 heteroatoms. The molecule has 6 nitrogen and oxygen atoms in total. The van der Waals surface area contributed by atoms with Crippen LogP contribution >= 0.6 is 0 Å². The molecule has 1 heterocycles. The normalized spacial score (nSPS) is 10.2. The molecule has 0 unspecified atom stereocenters. The van der Waals surface area contributed by atoms with E-state index in [1.807, 2.05) is 43.3 Å². The fourth-order valence-electron chi connectivity index (χ4n) is 1.66. The Morgan fingerprint density at radius 1 is 1.37 bits per heavy atom. The Morgan fingerprint density at radius 3 is 2.58 bits per heavy atom. The monoisotopic (exact) mass is 259 g/mol. The van der Waals surface area contributed by atoms with Crippen molar-refractivity contribution in [3.63, 3.8) is 0 Å². The van der Waals surface area contributed by atoms with Gasteiger partial charge >= 0.3 is 0 Å². The summed E-state index contributed by atoms with van der Waals surface area (Å²) in [6.07, 6.45) is 3.13. The van der Waals surface area contributed by atoms with Crippen LogP contribution < -0.4 is 16.0 Å². The minimum atomic E-state index is -0.138. The number of aromatic nitrogens is 2. The number of nitrogen functional groups attached to an aromatic ring is 1. The highest BCUT2D eigenvalue weighted by atomic mass is 16.2. The summed E-state index contributed by atoms with van der Waals surface area (Å²) in [5.74, 6) is -0.138. The van der Waals surface area contributed by atoms with Gasteiger partial charge in [-0.15, -0.1) is 0 Å². The van der Waals surface area contributed by atoms with Crippen LogP contribution in [0, 0.1) is 0 Å². The first-order valence-electron chi connectivity index (χ1n) is 5.90. The van der Waals surface area contributed by atoms with Crippen LogP contribution in [-0.2, 0) is 11.3 Å². The maximum atomic E-state index is 11.8. The van der Waals surface area contributed by atoms with Crippen molar-refractivity contribution < 1.29 is 4.79 Å². The molecule has 2 rings (SSSR count). The van der Waals surface area contributed by atoms with Crippen molar-refractivity contribution in [2.24, 2.45) is 0 Å². The molecule has 0 fully saturated rings. The molecule has 0 bridgehead atoms. The molecule has 0 spiro atoms. The van der Waals surface area contributed by atoms with Crippen molar-refractivity contribution in [2.45, 2.75) is 6.54 Å². The van der Waals surface area contributed by atoms with Crippen molar-refractivity contribution in [3.05, 3.63) is 36.7 Å². The lowest BCUT2D eigenvalue weighted by Gasteiger charge is -2.13. The van der Waals surface area contributed by atoms with Gasteiger partial charge in [0, 0.05) is 31.7 Å². The van der Waals surface area contributed by atoms with E-state index in [2.05, 4.69) is 10.4 Å². The van der Waals surface area contributed by atoms with Crippen molar-refractivity contribution >= 4 is 23.0 Å². The van der Waals surface area contributed by atoms with Crippen LogP contribution in [-0.4, -0.2) is 29.8 Å². The van der Waals surface area contributed by atoms with Crippen LogP contribution in [0.3, 0.4) is 0 Å². The Balaban J connectivity index is 1.95. The lowest BCUT2D eigenvalue weighted by atomic mass is 10.2. The Morgan fingerprint density at radius 2 is 2.05 bits per heavy atom. The number of amides is 1. The van der Waals surface area contributed by atoms with E-state index < -0.39 is 0 Å². The molecular formula is C13H17N5O. The molecule has 0 atom stereocenters. The Hall–Kier alpha value is -2.50. The summed E-state index contributed by atoms with van der Waals surface area (Å²) in [5.41, 5.74) is 7.92. The van der Waals surface area contributed by atoms with Crippen LogP contribution in [0.25, 0.3) is 0 Å². The fourth-order valence-corrected chi connectivity index (χ4v) is 1.66. The highest BCUT2D eigenvalue weighted by Crippen LogP contribution is 2.15. The molecule has 1 amide bonds. The number of nitrogens with zero attached hydrogens (tertiary/aromatic N) is 3. The van der Waals surface area contributed by atoms with Gasteiger partial charge in [0.25, 0.3) is 0 Å². The quantitative estimate of drug-likeness (QED) is 0.864. The van der Waals surface area contributed by atoms with Crippen molar-refractivity contribution in [2.75, 3.05) is 30.0 Å². The molecular weight excluding hydrogens is 242 g/mol. The number of rotatable bonds is 4. The minimum absolute atomic E-state index is 0.138. The first kappa shape index (κ1) is 12.9. The summed E-state index contributed by atoms with van der Waals surface area (Å²) >= 11 is 0. The van der Waals surface area contributed by atoms with Crippen LogP contribution in [0.2, 0.25) is 0 Å². The zero-order valence-corrected chi connectivity index (χ0v) is 11.0. The molecule has 2 aromatic rings. The largest absolute Gasteiger partial charge is 0.396 e. The van der Waals surface area contributed by atoms with E-state index in [0.717, 1.165) is 11.4 Å². The van der Waals surface area contributed by atoms with E-state index >= 15 is 0 Å². The number of hydrogen-bond donors (Lipinski definition) is 2. The number of nitrogens with one attached hydrogen (secondary N) is 1. The molecule has 1 aromatic carbocycles. The van der Waals surface area contributed by atoms with E-state index in [0.29, 0.717) is 5.69 Å². The van der Waals surface area contributed by atoms with Gasteiger partial charge < -0.3 is 16.0 Å². The third-order valence-corrected chi connectivity index (χ3v) is 2.63. The molecule has 0 saturated carbocycles. The van der Waals surface area contributed by atoms with Crippen molar-refractivity contribution in [1.29, 1.82) is 0 Å². The molecule has 0 aliphatic heterocycles. The molecule has 3 N–H and O–H groups in total. The predicted molar refractivity (Wildman–Crippen MR) is 76.0 cm³/mol. The van der Waals surface area contributed by atoms with Crippen molar-refractivity contribution in [1.82, 2.24) is 9.78 Å². The second-order valence-electron chi connectivity index (χ2n) is 4.46. The SMILES string of the molecule is CN(C)c1ccc(NC(=O)Cn2cc(N)cn2)cc1. The van der Waals surface area contributed by atoms with Crippen molar-refractivity contribution in [3.8, 4) is 0 Å². The fraction of sp³-hybridized carbons (Fsp3) is 0.231. The Kier molecular flexibility index (Phi) is 3.70. The topological polar surface area (TPSA) is 76.2 Å². The number of anilines is 3. The summed E-state index contributed by atoms with van der Waals surface area (Å²) in [4.78, 5) is 13.8. The maximum Gasteiger partial charge on any atom is 0.246 e. The molecule has 1 aromatic heterocycles. The van der Waals surface area contributed by atoms with E-state index in [4.69, 9.17) is 5.73 Å².